The molecule has 0 aliphatic heterocycles. The van der Waals surface area contributed by atoms with Crippen LogP contribution in [0.25, 0.3) is 0 Å². The zero-order valence-corrected chi connectivity index (χ0v) is 17.7. The van der Waals surface area contributed by atoms with Crippen molar-refractivity contribution in [1.82, 2.24) is 20.4 Å². The number of nitrogens with zero attached hydrogens (tertiary/aromatic N) is 2. The van der Waals surface area contributed by atoms with Gasteiger partial charge in [0.05, 0.1) is 6.20 Å². The molecule has 2 N–H and O–H groups in total. The molecule has 2 amide bonds. The summed E-state index contributed by atoms with van der Waals surface area (Å²) >= 11 is 0. The number of nitrogens with one attached hydrogen (secondary N) is 2. The van der Waals surface area contributed by atoms with E-state index in [0.717, 1.165) is 23.1 Å². The molecule has 3 rings (SSSR count). The summed E-state index contributed by atoms with van der Waals surface area (Å²) < 4.78 is 7.14. The second kappa shape index (κ2) is 11.5. The molecule has 0 fully saturated rings. The van der Waals surface area contributed by atoms with Crippen molar-refractivity contribution in [1.29, 1.82) is 0 Å². The number of alkyl carbamates (subject to hydrolysis) is 1. The minimum absolute atomic E-state index is 0.148. The molecule has 0 saturated heterocycles. The van der Waals surface area contributed by atoms with Crippen molar-refractivity contribution < 1.29 is 14.3 Å². The van der Waals surface area contributed by atoms with Gasteiger partial charge in [-0.1, -0.05) is 60.7 Å². The van der Waals surface area contributed by atoms with Gasteiger partial charge in [-0.2, -0.15) is 5.10 Å². The smallest absolute Gasteiger partial charge is 0.408 e. The number of aryl methyl sites for hydroxylation is 2. The molecule has 7 nitrogen and oxygen atoms in total. The van der Waals surface area contributed by atoms with E-state index in [1.54, 1.807) is 6.20 Å². The summed E-state index contributed by atoms with van der Waals surface area (Å²) in [6.45, 7) is 3.34. The minimum Gasteiger partial charge on any atom is -0.445 e. The molecule has 1 aromatic heterocycles. The maximum Gasteiger partial charge on any atom is 0.408 e. The number of amides is 2. The number of hydrogen-bond acceptors (Lipinski definition) is 4. The fourth-order valence-electron chi connectivity index (χ4n) is 3.13. The molecule has 1 unspecified atom stereocenters. The van der Waals surface area contributed by atoms with Gasteiger partial charge in [-0.3, -0.25) is 9.48 Å². The summed E-state index contributed by atoms with van der Waals surface area (Å²) in [6, 6.07) is 18.3. The number of carbonyl (C=O) groups excluding carboxylic acids is 2. The molecule has 0 saturated carbocycles. The Morgan fingerprint density at radius 1 is 1.03 bits per heavy atom. The lowest BCUT2D eigenvalue weighted by Gasteiger charge is -2.18. The third-order valence-electron chi connectivity index (χ3n) is 4.73. The maximum atomic E-state index is 12.8. The Morgan fingerprint density at radius 3 is 2.35 bits per heavy atom. The van der Waals surface area contributed by atoms with Crippen LogP contribution in [0.1, 0.15) is 23.1 Å². The number of hydrogen-bond donors (Lipinski definition) is 2. The van der Waals surface area contributed by atoms with Crippen LogP contribution in [0.15, 0.2) is 73.1 Å². The van der Waals surface area contributed by atoms with E-state index >= 15 is 0 Å². The topological polar surface area (TPSA) is 85.3 Å². The molecule has 162 valence electrons. The summed E-state index contributed by atoms with van der Waals surface area (Å²) in [5.74, 6) is -0.239. The number of aromatic nitrogens is 2. The SMILES string of the molecule is Cc1cnn(CCCNC(=O)C(Cc2ccccc2)NC(=O)OCc2ccccc2)c1. The first-order chi connectivity index (χ1) is 15.1. The van der Waals surface area contributed by atoms with Crippen LogP contribution in [0.3, 0.4) is 0 Å². The molecule has 0 aliphatic rings. The zero-order chi connectivity index (χ0) is 21.9. The van der Waals surface area contributed by atoms with Crippen molar-refractivity contribution in [2.45, 2.75) is 39.0 Å². The Balaban J connectivity index is 1.51. The molecule has 3 aromatic rings. The van der Waals surface area contributed by atoms with Gasteiger partial charge < -0.3 is 15.4 Å². The highest BCUT2D eigenvalue weighted by molar-refractivity contribution is 5.85. The largest absolute Gasteiger partial charge is 0.445 e. The Morgan fingerprint density at radius 2 is 1.71 bits per heavy atom. The van der Waals surface area contributed by atoms with E-state index in [4.69, 9.17) is 4.74 Å². The van der Waals surface area contributed by atoms with Gasteiger partial charge in [-0.15, -0.1) is 0 Å². The predicted octanol–water partition coefficient (Wildman–Crippen LogP) is 3.24. The summed E-state index contributed by atoms with van der Waals surface area (Å²) in [4.78, 5) is 25.1. The van der Waals surface area contributed by atoms with Gasteiger partial charge >= 0.3 is 6.09 Å². The zero-order valence-electron chi connectivity index (χ0n) is 17.7. The van der Waals surface area contributed by atoms with E-state index in [1.165, 1.54) is 0 Å². The molecule has 7 heteroatoms. The van der Waals surface area contributed by atoms with Crippen molar-refractivity contribution in [2.75, 3.05) is 6.54 Å². The van der Waals surface area contributed by atoms with Crippen LogP contribution in [-0.2, 0) is 29.1 Å². The maximum absolute atomic E-state index is 12.8. The Labute approximate surface area is 182 Å². The Kier molecular flexibility index (Phi) is 8.22. The summed E-state index contributed by atoms with van der Waals surface area (Å²) in [6.07, 6.45) is 4.27. The van der Waals surface area contributed by atoms with E-state index < -0.39 is 12.1 Å². The van der Waals surface area contributed by atoms with Gasteiger partial charge in [0, 0.05) is 25.7 Å². The lowest BCUT2D eigenvalue weighted by Crippen LogP contribution is -2.48. The van der Waals surface area contributed by atoms with Crippen LogP contribution in [0.4, 0.5) is 4.79 Å². The average Bonchev–Trinajstić information content (AvgIpc) is 3.21. The van der Waals surface area contributed by atoms with Crippen molar-refractivity contribution >= 4 is 12.0 Å². The van der Waals surface area contributed by atoms with Crippen LogP contribution in [0, 0.1) is 6.92 Å². The van der Waals surface area contributed by atoms with Crippen molar-refractivity contribution in [3.8, 4) is 0 Å². The summed E-state index contributed by atoms with van der Waals surface area (Å²) in [5.41, 5.74) is 2.94. The van der Waals surface area contributed by atoms with E-state index in [2.05, 4.69) is 15.7 Å². The van der Waals surface area contributed by atoms with E-state index in [0.29, 0.717) is 19.5 Å². The molecule has 0 radical (unpaired) electrons. The molecule has 0 spiro atoms. The normalized spacial score (nSPS) is 11.5. The van der Waals surface area contributed by atoms with Crippen LogP contribution < -0.4 is 10.6 Å². The van der Waals surface area contributed by atoms with Gasteiger partial charge in [0.2, 0.25) is 5.91 Å². The lowest BCUT2D eigenvalue weighted by atomic mass is 10.1. The highest BCUT2D eigenvalue weighted by Gasteiger charge is 2.21. The van der Waals surface area contributed by atoms with Gasteiger partial charge in [0.25, 0.3) is 0 Å². The van der Waals surface area contributed by atoms with Gasteiger partial charge in [0.1, 0.15) is 12.6 Å². The molecule has 1 atom stereocenters. The molecule has 1 heterocycles. The van der Waals surface area contributed by atoms with E-state index in [1.807, 2.05) is 78.5 Å². The van der Waals surface area contributed by atoms with E-state index in [9.17, 15) is 9.59 Å². The van der Waals surface area contributed by atoms with Crippen LogP contribution >= 0.6 is 0 Å². The third-order valence-corrected chi connectivity index (χ3v) is 4.73. The molecular weight excluding hydrogens is 392 g/mol. The van der Waals surface area contributed by atoms with Crippen LogP contribution in [-0.4, -0.2) is 34.4 Å². The number of carbonyl (C=O) groups is 2. The Bertz CT molecular complexity index is 957. The fraction of sp³-hybridized carbons (Fsp3) is 0.292. The van der Waals surface area contributed by atoms with Crippen LogP contribution in [0.5, 0.6) is 0 Å². The summed E-state index contributed by atoms with van der Waals surface area (Å²) in [5, 5.41) is 9.85. The number of benzene rings is 2. The average molecular weight is 421 g/mol. The van der Waals surface area contributed by atoms with Crippen LogP contribution in [0.2, 0.25) is 0 Å². The highest BCUT2D eigenvalue weighted by Crippen LogP contribution is 2.06. The van der Waals surface area contributed by atoms with Crippen molar-refractivity contribution in [2.24, 2.45) is 0 Å². The Hall–Kier alpha value is -3.61. The standard InChI is InChI=1S/C24H28N4O3/c1-19-16-26-28(17-19)14-8-13-25-23(29)22(15-20-9-4-2-5-10-20)27-24(30)31-18-21-11-6-3-7-12-21/h2-7,9-12,16-17,22H,8,13-15,18H2,1H3,(H,25,29)(H,27,30). The molecular formula is C24H28N4O3. The lowest BCUT2D eigenvalue weighted by molar-refractivity contribution is -0.123. The number of rotatable bonds is 10. The second-order valence-corrected chi connectivity index (χ2v) is 7.37. The fourth-order valence-corrected chi connectivity index (χ4v) is 3.13. The first-order valence-electron chi connectivity index (χ1n) is 10.4. The number of ether oxygens (including phenoxy) is 1. The molecule has 0 aliphatic carbocycles. The minimum atomic E-state index is -0.724. The molecule has 2 aromatic carbocycles. The second-order valence-electron chi connectivity index (χ2n) is 7.37. The first kappa shape index (κ1) is 22.1. The summed E-state index contributed by atoms with van der Waals surface area (Å²) in [7, 11) is 0. The molecule has 0 bridgehead atoms. The van der Waals surface area contributed by atoms with Crippen molar-refractivity contribution in [3.63, 3.8) is 0 Å². The van der Waals surface area contributed by atoms with Gasteiger partial charge in [-0.05, 0) is 30.0 Å². The molecule has 31 heavy (non-hydrogen) atoms. The van der Waals surface area contributed by atoms with Gasteiger partial charge in [0.15, 0.2) is 0 Å². The quantitative estimate of drug-likeness (QED) is 0.493. The first-order valence-corrected chi connectivity index (χ1v) is 10.4. The third kappa shape index (κ3) is 7.62. The van der Waals surface area contributed by atoms with E-state index in [-0.39, 0.29) is 12.5 Å². The van der Waals surface area contributed by atoms with Gasteiger partial charge in [-0.25, -0.2) is 4.79 Å². The van der Waals surface area contributed by atoms with Crippen molar-refractivity contribution in [3.05, 3.63) is 89.7 Å². The highest BCUT2D eigenvalue weighted by atomic mass is 16.5. The monoisotopic (exact) mass is 420 g/mol. The predicted molar refractivity (Wildman–Crippen MR) is 118 cm³/mol.